The number of nitrogens with one attached hydrogen (secondary N) is 2. The number of aromatic nitrogens is 1. The van der Waals surface area contributed by atoms with Gasteiger partial charge in [-0.25, -0.2) is 4.98 Å². The van der Waals surface area contributed by atoms with Crippen molar-refractivity contribution in [2.45, 2.75) is 38.5 Å². The summed E-state index contributed by atoms with van der Waals surface area (Å²) in [5, 5.41) is 6.28. The molecule has 1 amide bonds. The van der Waals surface area contributed by atoms with Crippen molar-refractivity contribution in [2.24, 2.45) is 0 Å². The van der Waals surface area contributed by atoms with E-state index in [1.165, 1.54) is 25.7 Å². The monoisotopic (exact) mass is 379 g/mol. The van der Waals surface area contributed by atoms with Crippen molar-refractivity contribution in [1.82, 2.24) is 10.3 Å². The van der Waals surface area contributed by atoms with Gasteiger partial charge < -0.3 is 15.4 Å². The summed E-state index contributed by atoms with van der Waals surface area (Å²) in [4.78, 5) is 16.6. The minimum atomic E-state index is -0.0973. The molecule has 0 atom stereocenters. The van der Waals surface area contributed by atoms with Gasteiger partial charge in [-0.2, -0.15) is 0 Å². The number of pyridine rings is 1. The second-order valence-corrected chi connectivity index (χ2v) is 7.07. The van der Waals surface area contributed by atoms with Crippen LogP contribution in [-0.4, -0.2) is 31.1 Å². The van der Waals surface area contributed by atoms with Gasteiger partial charge in [0.15, 0.2) is 0 Å². The minimum Gasteiger partial charge on any atom is -0.497 e. The Morgan fingerprint density at radius 2 is 1.93 bits per heavy atom. The molecule has 1 heterocycles. The van der Waals surface area contributed by atoms with Gasteiger partial charge >= 0.3 is 0 Å². The summed E-state index contributed by atoms with van der Waals surface area (Å²) < 4.78 is 5.15. The molecule has 0 aliphatic heterocycles. The molecule has 2 aromatic rings. The quantitative estimate of drug-likeness (QED) is 0.635. The second kappa shape index (κ2) is 10.5. The molecule has 1 aromatic carbocycles. The molecule has 2 N–H and O–H groups in total. The molecule has 28 heavy (non-hydrogen) atoms. The van der Waals surface area contributed by atoms with Gasteiger partial charge in [-0.3, -0.25) is 4.79 Å². The van der Waals surface area contributed by atoms with Gasteiger partial charge in [0, 0.05) is 19.3 Å². The largest absolute Gasteiger partial charge is 0.497 e. The van der Waals surface area contributed by atoms with Crippen molar-refractivity contribution in [1.29, 1.82) is 0 Å². The Labute approximate surface area is 167 Å². The van der Waals surface area contributed by atoms with Crippen LogP contribution in [0.5, 0.6) is 5.75 Å². The van der Waals surface area contributed by atoms with Crippen molar-refractivity contribution < 1.29 is 9.53 Å². The van der Waals surface area contributed by atoms with Crippen molar-refractivity contribution in [3.8, 4) is 5.75 Å². The number of anilines is 1. The van der Waals surface area contributed by atoms with Crippen LogP contribution in [0.1, 0.15) is 48.0 Å². The standard InChI is InChI=1S/C23H29N3O2/c1-28-21-10-7-19(8-11-21)14-16-25-23(27)20-9-12-22(26-17-20)24-15-13-18-5-3-2-4-6-18/h5,7-12,17H,2-4,6,13-16H2,1H3,(H,24,26)(H,25,27). The molecular weight excluding hydrogens is 350 g/mol. The van der Waals surface area contributed by atoms with Gasteiger partial charge in [0.2, 0.25) is 0 Å². The fourth-order valence-corrected chi connectivity index (χ4v) is 3.33. The summed E-state index contributed by atoms with van der Waals surface area (Å²) in [6, 6.07) is 11.6. The molecule has 0 saturated carbocycles. The second-order valence-electron chi connectivity index (χ2n) is 7.07. The average Bonchev–Trinajstić information content (AvgIpc) is 2.75. The highest BCUT2D eigenvalue weighted by Gasteiger charge is 2.07. The maximum absolute atomic E-state index is 12.3. The van der Waals surface area contributed by atoms with E-state index in [1.54, 1.807) is 18.9 Å². The van der Waals surface area contributed by atoms with Crippen LogP contribution in [-0.2, 0) is 6.42 Å². The lowest BCUT2D eigenvalue weighted by Gasteiger charge is -2.13. The molecule has 1 aliphatic carbocycles. The third-order valence-electron chi connectivity index (χ3n) is 5.02. The molecule has 0 unspecified atom stereocenters. The molecular formula is C23H29N3O2. The highest BCUT2D eigenvalue weighted by molar-refractivity contribution is 5.94. The van der Waals surface area contributed by atoms with Crippen molar-refractivity contribution in [2.75, 3.05) is 25.5 Å². The first-order chi connectivity index (χ1) is 13.7. The summed E-state index contributed by atoms with van der Waals surface area (Å²) in [6.07, 6.45) is 10.9. The summed E-state index contributed by atoms with van der Waals surface area (Å²) >= 11 is 0. The topological polar surface area (TPSA) is 63.2 Å². The maximum atomic E-state index is 12.3. The van der Waals surface area contributed by atoms with E-state index >= 15 is 0 Å². The lowest BCUT2D eigenvalue weighted by Crippen LogP contribution is -2.25. The zero-order valence-electron chi connectivity index (χ0n) is 16.5. The van der Waals surface area contributed by atoms with Crippen molar-refractivity contribution in [3.05, 3.63) is 65.4 Å². The third-order valence-corrected chi connectivity index (χ3v) is 5.02. The Morgan fingerprint density at radius 3 is 2.61 bits per heavy atom. The molecule has 3 rings (SSSR count). The van der Waals surface area contributed by atoms with E-state index in [0.29, 0.717) is 12.1 Å². The predicted octanol–water partition coefficient (Wildman–Crippen LogP) is 4.37. The molecule has 0 fully saturated rings. The summed E-state index contributed by atoms with van der Waals surface area (Å²) in [6.45, 7) is 1.46. The highest BCUT2D eigenvalue weighted by Crippen LogP contribution is 2.20. The van der Waals surface area contributed by atoms with Crippen LogP contribution in [0.2, 0.25) is 0 Å². The van der Waals surface area contributed by atoms with Crippen LogP contribution in [0.4, 0.5) is 5.82 Å². The first-order valence-electron chi connectivity index (χ1n) is 10.0. The van der Waals surface area contributed by atoms with E-state index in [9.17, 15) is 4.79 Å². The highest BCUT2D eigenvalue weighted by atomic mass is 16.5. The van der Waals surface area contributed by atoms with Crippen LogP contribution >= 0.6 is 0 Å². The van der Waals surface area contributed by atoms with E-state index < -0.39 is 0 Å². The zero-order valence-corrected chi connectivity index (χ0v) is 16.5. The van der Waals surface area contributed by atoms with E-state index in [0.717, 1.165) is 36.5 Å². The SMILES string of the molecule is COc1ccc(CCNC(=O)c2ccc(NCCC3=CCCCC3)nc2)cc1. The Kier molecular flexibility index (Phi) is 7.47. The van der Waals surface area contributed by atoms with Gasteiger partial charge in [0.25, 0.3) is 5.91 Å². The number of benzene rings is 1. The minimum absolute atomic E-state index is 0.0973. The fourth-order valence-electron chi connectivity index (χ4n) is 3.33. The average molecular weight is 380 g/mol. The number of amides is 1. The number of ether oxygens (including phenoxy) is 1. The van der Waals surface area contributed by atoms with Gasteiger partial charge in [-0.1, -0.05) is 23.8 Å². The number of hydrogen-bond donors (Lipinski definition) is 2. The van der Waals surface area contributed by atoms with Crippen LogP contribution in [0.15, 0.2) is 54.2 Å². The smallest absolute Gasteiger partial charge is 0.252 e. The summed E-state index contributed by atoms with van der Waals surface area (Å²) in [7, 11) is 1.65. The molecule has 0 spiro atoms. The number of carbonyl (C=O) groups excluding carboxylic acids is 1. The molecule has 5 heteroatoms. The first-order valence-corrected chi connectivity index (χ1v) is 10.0. The molecule has 1 aliphatic rings. The Bertz CT molecular complexity index is 782. The Hall–Kier alpha value is -2.82. The molecule has 0 saturated heterocycles. The van der Waals surface area contributed by atoms with E-state index in [2.05, 4.69) is 21.7 Å². The van der Waals surface area contributed by atoms with E-state index in [4.69, 9.17) is 4.74 Å². The molecule has 0 bridgehead atoms. The van der Waals surface area contributed by atoms with Gasteiger partial charge in [0.05, 0.1) is 12.7 Å². The number of hydrogen-bond acceptors (Lipinski definition) is 4. The normalized spacial score (nSPS) is 13.5. The van der Waals surface area contributed by atoms with Gasteiger partial charge in [-0.05, 0) is 68.4 Å². The first kappa shape index (κ1) is 19.9. The summed E-state index contributed by atoms with van der Waals surface area (Å²) in [5.41, 5.74) is 3.29. The fraction of sp³-hybridized carbons (Fsp3) is 0.391. The Morgan fingerprint density at radius 1 is 1.07 bits per heavy atom. The maximum Gasteiger partial charge on any atom is 0.252 e. The van der Waals surface area contributed by atoms with Gasteiger partial charge in [0.1, 0.15) is 11.6 Å². The van der Waals surface area contributed by atoms with Crippen LogP contribution in [0.25, 0.3) is 0 Å². The molecule has 5 nitrogen and oxygen atoms in total. The molecule has 1 aromatic heterocycles. The van der Waals surface area contributed by atoms with Crippen LogP contribution in [0, 0.1) is 0 Å². The van der Waals surface area contributed by atoms with E-state index in [1.807, 2.05) is 36.4 Å². The molecule has 0 radical (unpaired) electrons. The summed E-state index contributed by atoms with van der Waals surface area (Å²) in [5.74, 6) is 1.55. The van der Waals surface area contributed by atoms with Gasteiger partial charge in [-0.15, -0.1) is 0 Å². The number of rotatable bonds is 9. The number of methoxy groups -OCH3 is 1. The lowest BCUT2D eigenvalue weighted by atomic mass is 9.97. The number of carbonyl (C=O) groups is 1. The Balaban J connectivity index is 1.39. The molecule has 148 valence electrons. The van der Waals surface area contributed by atoms with E-state index in [-0.39, 0.29) is 5.91 Å². The zero-order chi connectivity index (χ0) is 19.6. The van der Waals surface area contributed by atoms with Crippen LogP contribution < -0.4 is 15.4 Å². The lowest BCUT2D eigenvalue weighted by molar-refractivity contribution is 0.0954. The van der Waals surface area contributed by atoms with Crippen LogP contribution in [0.3, 0.4) is 0 Å². The van der Waals surface area contributed by atoms with Crippen molar-refractivity contribution in [3.63, 3.8) is 0 Å². The van der Waals surface area contributed by atoms with Crippen molar-refractivity contribution >= 4 is 11.7 Å². The number of allylic oxidation sites excluding steroid dienone is 1. The number of nitrogens with zero attached hydrogens (tertiary/aromatic N) is 1. The predicted molar refractivity (Wildman–Crippen MR) is 113 cm³/mol. The third kappa shape index (κ3) is 6.12.